The molecule has 8 heteroatoms. The molecule has 3 aliphatic rings. The SMILES string of the molecule is CCc1cc(N2CCC(NC(=O)N3C[C@@H]4CCC[C@@]4(C(=O)O)C3)CC2)ncn1. The first-order valence-electron chi connectivity index (χ1n) is 10.4. The van der Waals surface area contributed by atoms with Gasteiger partial charge in [-0.2, -0.15) is 0 Å². The second-order valence-corrected chi connectivity index (χ2v) is 8.36. The number of carbonyl (C=O) groups is 2. The van der Waals surface area contributed by atoms with Gasteiger partial charge >= 0.3 is 12.0 Å². The summed E-state index contributed by atoms with van der Waals surface area (Å²) in [5, 5.41) is 12.8. The number of urea groups is 1. The van der Waals surface area contributed by atoms with E-state index in [4.69, 9.17) is 0 Å². The average Bonchev–Trinajstić information content (AvgIpc) is 3.27. The van der Waals surface area contributed by atoms with Crippen molar-refractivity contribution < 1.29 is 14.7 Å². The maximum atomic E-state index is 12.7. The molecule has 1 aromatic heterocycles. The van der Waals surface area contributed by atoms with Gasteiger partial charge in [0.25, 0.3) is 0 Å². The van der Waals surface area contributed by atoms with Crippen LogP contribution in [0.1, 0.15) is 44.7 Å². The van der Waals surface area contributed by atoms with Crippen LogP contribution in [-0.4, -0.2) is 64.2 Å². The van der Waals surface area contributed by atoms with Crippen molar-refractivity contribution >= 4 is 17.8 Å². The monoisotopic (exact) mass is 387 g/mol. The normalized spacial score (nSPS) is 27.7. The standard InChI is InChI=1S/C20H29N5O3/c1-2-15-10-17(22-13-21-15)24-8-5-16(6-9-24)23-19(28)25-11-14-4-3-7-20(14,12-25)18(26)27/h10,13-14,16H,2-9,11-12H2,1H3,(H,23,28)(H,26,27)/t14-,20+/m0/s1. The molecule has 152 valence electrons. The van der Waals surface area contributed by atoms with E-state index in [2.05, 4.69) is 27.1 Å². The molecule has 0 bridgehead atoms. The summed E-state index contributed by atoms with van der Waals surface area (Å²) in [7, 11) is 0. The Morgan fingerprint density at radius 2 is 2.07 bits per heavy atom. The van der Waals surface area contributed by atoms with Gasteiger partial charge < -0.3 is 20.2 Å². The number of fused-ring (bicyclic) bond motifs is 1. The first kappa shape index (κ1) is 19.0. The molecule has 2 aliphatic heterocycles. The van der Waals surface area contributed by atoms with E-state index in [9.17, 15) is 14.7 Å². The van der Waals surface area contributed by atoms with E-state index >= 15 is 0 Å². The number of piperidine rings is 1. The highest BCUT2D eigenvalue weighted by Gasteiger charge is 2.55. The second-order valence-electron chi connectivity index (χ2n) is 8.36. The Balaban J connectivity index is 1.30. The second kappa shape index (κ2) is 7.56. The summed E-state index contributed by atoms with van der Waals surface area (Å²) in [5.74, 6) is 0.311. The van der Waals surface area contributed by atoms with Gasteiger partial charge in [-0.3, -0.25) is 4.79 Å². The number of aliphatic carboxylic acids is 1. The van der Waals surface area contributed by atoms with E-state index in [-0.39, 0.29) is 18.0 Å². The molecule has 0 spiro atoms. The fraction of sp³-hybridized carbons (Fsp3) is 0.700. The van der Waals surface area contributed by atoms with Gasteiger partial charge in [-0.25, -0.2) is 14.8 Å². The number of likely N-dealkylation sites (tertiary alicyclic amines) is 1. The highest BCUT2D eigenvalue weighted by atomic mass is 16.4. The van der Waals surface area contributed by atoms with Crippen molar-refractivity contribution in [1.82, 2.24) is 20.2 Å². The van der Waals surface area contributed by atoms with Crippen LogP contribution in [0.25, 0.3) is 0 Å². The van der Waals surface area contributed by atoms with Crippen molar-refractivity contribution in [3.63, 3.8) is 0 Å². The first-order chi connectivity index (χ1) is 13.5. The summed E-state index contributed by atoms with van der Waals surface area (Å²) in [6, 6.07) is 2.05. The molecule has 1 saturated carbocycles. The summed E-state index contributed by atoms with van der Waals surface area (Å²) >= 11 is 0. The number of nitrogens with zero attached hydrogens (tertiary/aromatic N) is 4. The topological polar surface area (TPSA) is 98.7 Å². The Hall–Kier alpha value is -2.38. The van der Waals surface area contributed by atoms with Crippen molar-refractivity contribution in [2.75, 3.05) is 31.1 Å². The summed E-state index contributed by atoms with van der Waals surface area (Å²) in [5.41, 5.74) is 0.317. The highest BCUT2D eigenvalue weighted by molar-refractivity contribution is 5.80. The Morgan fingerprint density at radius 3 is 2.75 bits per heavy atom. The first-order valence-corrected chi connectivity index (χ1v) is 10.4. The van der Waals surface area contributed by atoms with Gasteiger partial charge in [0.2, 0.25) is 0 Å². The molecule has 2 amide bonds. The number of hydrogen-bond acceptors (Lipinski definition) is 5. The van der Waals surface area contributed by atoms with Gasteiger partial charge in [-0.05, 0) is 38.0 Å². The van der Waals surface area contributed by atoms with Crippen molar-refractivity contribution in [3.8, 4) is 0 Å². The van der Waals surface area contributed by atoms with Crippen molar-refractivity contribution in [2.45, 2.75) is 51.5 Å². The zero-order valence-electron chi connectivity index (χ0n) is 16.4. The molecule has 28 heavy (non-hydrogen) atoms. The molecule has 3 fully saturated rings. The Labute approximate surface area is 165 Å². The third-order valence-electron chi connectivity index (χ3n) is 6.80. The summed E-state index contributed by atoms with van der Waals surface area (Å²) in [6.07, 6.45) is 6.77. The Bertz CT molecular complexity index is 749. The van der Waals surface area contributed by atoms with Crippen molar-refractivity contribution in [1.29, 1.82) is 0 Å². The lowest BCUT2D eigenvalue weighted by Gasteiger charge is -2.34. The molecule has 1 aliphatic carbocycles. The fourth-order valence-electron chi connectivity index (χ4n) is 5.06. The summed E-state index contributed by atoms with van der Waals surface area (Å²) < 4.78 is 0. The maximum Gasteiger partial charge on any atom is 0.317 e. The van der Waals surface area contributed by atoms with Gasteiger partial charge in [-0.1, -0.05) is 13.3 Å². The molecule has 2 atom stereocenters. The van der Waals surface area contributed by atoms with Crippen LogP contribution in [0, 0.1) is 11.3 Å². The molecular weight excluding hydrogens is 358 g/mol. The van der Waals surface area contributed by atoms with Crippen LogP contribution in [0.2, 0.25) is 0 Å². The minimum absolute atomic E-state index is 0.100. The summed E-state index contributed by atoms with van der Waals surface area (Å²) in [6.45, 7) is 4.67. The van der Waals surface area contributed by atoms with Crippen LogP contribution in [0.15, 0.2) is 12.4 Å². The number of anilines is 1. The molecule has 0 unspecified atom stereocenters. The number of amides is 2. The largest absolute Gasteiger partial charge is 0.481 e. The van der Waals surface area contributed by atoms with E-state index in [1.54, 1.807) is 11.2 Å². The van der Waals surface area contributed by atoms with Crippen LogP contribution >= 0.6 is 0 Å². The van der Waals surface area contributed by atoms with E-state index in [0.717, 1.165) is 56.7 Å². The van der Waals surface area contributed by atoms with Crippen molar-refractivity contribution in [2.24, 2.45) is 11.3 Å². The molecule has 2 N–H and O–H groups in total. The molecule has 3 heterocycles. The van der Waals surface area contributed by atoms with Crippen LogP contribution in [0.3, 0.4) is 0 Å². The molecule has 0 radical (unpaired) electrons. The fourth-order valence-corrected chi connectivity index (χ4v) is 5.06. The number of carbonyl (C=O) groups excluding carboxylic acids is 1. The lowest BCUT2D eigenvalue weighted by Crippen LogP contribution is -2.49. The van der Waals surface area contributed by atoms with Crippen LogP contribution in [0.5, 0.6) is 0 Å². The number of hydrogen-bond donors (Lipinski definition) is 2. The molecule has 4 rings (SSSR count). The number of aryl methyl sites for hydroxylation is 1. The molecule has 2 saturated heterocycles. The quantitative estimate of drug-likeness (QED) is 0.819. The third kappa shape index (κ3) is 3.40. The number of aromatic nitrogens is 2. The van der Waals surface area contributed by atoms with Gasteiger partial charge in [0, 0.05) is 44.0 Å². The number of carboxylic acids is 1. The minimum Gasteiger partial charge on any atom is -0.481 e. The van der Waals surface area contributed by atoms with E-state index < -0.39 is 11.4 Å². The molecular formula is C20H29N5O3. The predicted molar refractivity (Wildman–Crippen MR) is 104 cm³/mol. The van der Waals surface area contributed by atoms with Gasteiger partial charge in [0.15, 0.2) is 0 Å². The van der Waals surface area contributed by atoms with Crippen LogP contribution in [0.4, 0.5) is 10.6 Å². The van der Waals surface area contributed by atoms with Crippen LogP contribution in [-0.2, 0) is 11.2 Å². The minimum atomic E-state index is -0.741. The lowest BCUT2D eigenvalue weighted by molar-refractivity contribution is -0.149. The zero-order valence-corrected chi connectivity index (χ0v) is 16.4. The number of carboxylic acid groups (broad SMARTS) is 1. The Kier molecular flexibility index (Phi) is 5.12. The smallest absolute Gasteiger partial charge is 0.317 e. The lowest BCUT2D eigenvalue weighted by atomic mass is 9.81. The molecule has 0 aromatic carbocycles. The van der Waals surface area contributed by atoms with E-state index in [0.29, 0.717) is 19.5 Å². The van der Waals surface area contributed by atoms with Crippen LogP contribution < -0.4 is 10.2 Å². The average molecular weight is 387 g/mol. The maximum absolute atomic E-state index is 12.7. The van der Waals surface area contributed by atoms with Crippen molar-refractivity contribution in [3.05, 3.63) is 18.1 Å². The van der Waals surface area contributed by atoms with Gasteiger partial charge in [0.05, 0.1) is 5.41 Å². The molecule has 8 nitrogen and oxygen atoms in total. The number of rotatable bonds is 4. The highest BCUT2D eigenvalue weighted by Crippen LogP contribution is 2.48. The zero-order chi connectivity index (χ0) is 19.7. The summed E-state index contributed by atoms with van der Waals surface area (Å²) in [4.78, 5) is 37.1. The number of nitrogens with one attached hydrogen (secondary N) is 1. The van der Waals surface area contributed by atoms with E-state index in [1.807, 2.05) is 6.07 Å². The van der Waals surface area contributed by atoms with E-state index in [1.165, 1.54) is 0 Å². The predicted octanol–water partition coefficient (Wildman–Crippen LogP) is 1.90. The third-order valence-corrected chi connectivity index (χ3v) is 6.80. The Morgan fingerprint density at radius 1 is 1.29 bits per heavy atom. The van der Waals surface area contributed by atoms with Gasteiger partial charge in [-0.15, -0.1) is 0 Å². The van der Waals surface area contributed by atoms with Gasteiger partial charge in [0.1, 0.15) is 12.1 Å². The molecule has 1 aromatic rings.